The second-order valence-electron chi connectivity index (χ2n) is 3.99. The van der Waals surface area contributed by atoms with E-state index < -0.39 is 0 Å². The van der Waals surface area contributed by atoms with Gasteiger partial charge in [0.1, 0.15) is 0 Å². The minimum absolute atomic E-state index is 0.207. The molecule has 90 valence electrons. The zero-order chi connectivity index (χ0) is 11.8. The molecule has 16 heavy (non-hydrogen) atoms. The third-order valence-electron chi connectivity index (χ3n) is 2.30. The zero-order valence-corrected chi connectivity index (χ0v) is 10.7. The lowest BCUT2D eigenvalue weighted by atomic mass is 10.1. The fourth-order valence-corrected chi connectivity index (χ4v) is 1.76. The zero-order valence-electron chi connectivity index (χ0n) is 9.95. The summed E-state index contributed by atoms with van der Waals surface area (Å²) in [5, 5.41) is 3.38. The highest BCUT2D eigenvalue weighted by molar-refractivity contribution is 6.18. The van der Waals surface area contributed by atoms with Crippen molar-refractivity contribution >= 4 is 11.6 Å². The molecular weight excluding hydrogens is 222 g/mol. The maximum absolute atomic E-state index is 5.94. The van der Waals surface area contributed by atoms with Gasteiger partial charge in [-0.05, 0) is 19.4 Å². The molecule has 3 heteroatoms. The summed E-state index contributed by atoms with van der Waals surface area (Å²) in [4.78, 5) is 0. The second kappa shape index (κ2) is 7.66. The average molecular weight is 242 g/mol. The summed E-state index contributed by atoms with van der Waals surface area (Å²) in [5.41, 5.74) is 1.22. The van der Waals surface area contributed by atoms with Crippen LogP contribution in [0.15, 0.2) is 30.3 Å². The van der Waals surface area contributed by atoms with Gasteiger partial charge in [-0.25, -0.2) is 0 Å². The van der Waals surface area contributed by atoms with Crippen molar-refractivity contribution in [2.45, 2.75) is 26.0 Å². The number of hydrogen-bond acceptors (Lipinski definition) is 2. The molecule has 0 aliphatic heterocycles. The van der Waals surface area contributed by atoms with Crippen LogP contribution in [-0.2, 0) is 4.74 Å². The quantitative estimate of drug-likeness (QED) is 0.585. The molecule has 0 heterocycles. The maximum atomic E-state index is 5.94. The van der Waals surface area contributed by atoms with Gasteiger partial charge in [-0.1, -0.05) is 30.3 Å². The predicted molar refractivity (Wildman–Crippen MR) is 69.0 cm³/mol. The lowest BCUT2D eigenvalue weighted by Gasteiger charge is -2.17. The van der Waals surface area contributed by atoms with Crippen LogP contribution in [-0.4, -0.2) is 25.1 Å². The molecule has 0 saturated heterocycles. The smallest absolute Gasteiger partial charge is 0.0594 e. The van der Waals surface area contributed by atoms with Crippen LogP contribution in [0.1, 0.15) is 25.5 Å². The van der Waals surface area contributed by atoms with Gasteiger partial charge in [0.15, 0.2) is 0 Å². The Morgan fingerprint density at radius 1 is 1.25 bits per heavy atom. The molecule has 1 unspecified atom stereocenters. The number of benzene rings is 1. The molecule has 1 aromatic carbocycles. The van der Waals surface area contributed by atoms with Gasteiger partial charge in [0.2, 0.25) is 0 Å². The molecule has 0 aliphatic carbocycles. The fourth-order valence-electron chi connectivity index (χ4n) is 1.47. The standard InChI is InChI=1S/C13H20ClNO/c1-11(2)16-9-8-15-13(10-14)12-6-4-3-5-7-12/h3-7,11,13,15H,8-10H2,1-2H3. The van der Waals surface area contributed by atoms with E-state index in [4.69, 9.17) is 16.3 Å². The molecular formula is C13H20ClNO. The third-order valence-corrected chi connectivity index (χ3v) is 2.61. The highest BCUT2D eigenvalue weighted by Crippen LogP contribution is 2.13. The van der Waals surface area contributed by atoms with Crippen molar-refractivity contribution in [1.82, 2.24) is 5.32 Å². The minimum Gasteiger partial charge on any atom is -0.377 e. The van der Waals surface area contributed by atoms with Crippen molar-refractivity contribution in [2.75, 3.05) is 19.0 Å². The Labute approximate surface area is 103 Å². The van der Waals surface area contributed by atoms with E-state index in [-0.39, 0.29) is 12.1 Å². The minimum atomic E-state index is 0.207. The molecule has 0 amide bonds. The van der Waals surface area contributed by atoms with E-state index in [1.807, 2.05) is 32.0 Å². The summed E-state index contributed by atoms with van der Waals surface area (Å²) in [7, 11) is 0. The highest BCUT2D eigenvalue weighted by Gasteiger charge is 2.08. The number of alkyl halides is 1. The summed E-state index contributed by atoms with van der Waals surface area (Å²) in [6.07, 6.45) is 0.285. The van der Waals surface area contributed by atoms with Crippen LogP contribution >= 0.6 is 11.6 Å². The Bertz CT molecular complexity index is 277. The van der Waals surface area contributed by atoms with Crippen LogP contribution in [0.4, 0.5) is 0 Å². The van der Waals surface area contributed by atoms with Gasteiger partial charge in [0.25, 0.3) is 0 Å². The summed E-state index contributed by atoms with van der Waals surface area (Å²) in [6, 6.07) is 10.4. The first-order valence-electron chi connectivity index (χ1n) is 5.70. The fraction of sp³-hybridized carbons (Fsp3) is 0.538. The van der Waals surface area contributed by atoms with Gasteiger partial charge >= 0.3 is 0 Å². The first-order valence-corrected chi connectivity index (χ1v) is 6.23. The van der Waals surface area contributed by atoms with Gasteiger partial charge < -0.3 is 10.1 Å². The molecule has 0 radical (unpaired) electrons. The number of hydrogen-bond donors (Lipinski definition) is 1. The van der Waals surface area contributed by atoms with Crippen LogP contribution in [0.5, 0.6) is 0 Å². The monoisotopic (exact) mass is 241 g/mol. The SMILES string of the molecule is CC(C)OCCNC(CCl)c1ccccc1. The molecule has 0 aliphatic rings. The molecule has 1 atom stereocenters. The summed E-state index contributed by atoms with van der Waals surface area (Å²) >= 11 is 5.94. The molecule has 0 saturated carbocycles. The van der Waals surface area contributed by atoms with Crippen molar-refractivity contribution in [3.05, 3.63) is 35.9 Å². The van der Waals surface area contributed by atoms with E-state index in [1.165, 1.54) is 5.56 Å². The second-order valence-corrected chi connectivity index (χ2v) is 4.30. The first-order chi connectivity index (χ1) is 7.74. The number of halogens is 1. The van der Waals surface area contributed by atoms with Crippen LogP contribution in [0, 0.1) is 0 Å². The van der Waals surface area contributed by atoms with Crippen molar-refractivity contribution in [3.8, 4) is 0 Å². The summed E-state index contributed by atoms with van der Waals surface area (Å²) < 4.78 is 5.47. The molecule has 1 aromatic rings. The topological polar surface area (TPSA) is 21.3 Å². The molecule has 0 bridgehead atoms. The van der Waals surface area contributed by atoms with E-state index in [2.05, 4.69) is 17.4 Å². The first kappa shape index (κ1) is 13.5. The Balaban J connectivity index is 2.33. The lowest BCUT2D eigenvalue weighted by Crippen LogP contribution is -2.27. The molecule has 0 fully saturated rings. The molecule has 1 rings (SSSR count). The Morgan fingerprint density at radius 2 is 1.94 bits per heavy atom. The normalized spacial score (nSPS) is 13.0. The van der Waals surface area contributed by atoms with Gasteiger partial charge in [0.05, 0.1) is 12.7 Å². The van der Waals surface area contributed by atoms with Crippen LogP contribution < -0.4 is 5.32 Å². The third kappa shape index (κ3) is 4.97. The van der Waals surface area contributed by atoms with Gasteiger partial charge in [-0.2, -0.15) is 0 Å². The number of rotatable bonds is 7. The number of nitrogens with one attached hydrogen (secondary N) is 1. The van der Waals surface area contributed by atoms with Crippen LogP contribution in [0.2, 0.25) is 0 Å². The van der Waals surface area contributed by atoms with E-state index in [9.17, 15) is 0 Å². The molecule has 1 N–H and O–H groups in total. The van der Waals surface area contributed by atoms with Crippen LogP contribution in [0.25, 0.3) is 0 Å². The average Bonchev–Trinajstić information content (AvgIpc) is 2.30. The van der Waals surface area contributed by atoms with E-state index >= 15 is 0 Å². The van der Waals surface area contributed by atoms with Crippen LogP contribution in [0.3, 0.4) is 0 Å². The number of ether oxygens (including phenoxy) is 1. The van der Waals surface area contributed by atoms with Crippen molar-refractivity contribution < 1.29 is 4.74 Å². The van der Waals surface area contributed by atoms with Crippen molar-refractivity contribution in [1.29, 1.82) is 0 Å². The van der Waals surface area contributed by atoms with Crippen molar-refractivity contribution in [2.24, 2.45) is 0 Å². The molecule has 2 nitrogen and oxygen atoms in total. The largest absolute Gasteiger partial charge is 0.377 e. The molecule has 0 aromatic heterocycles. The van der Waals surface area contributed by atoms with Crippen molar-refractivity contribution in [3.63, 3.8) is 0 Å². The Morgan fingerprint density at radius 3 is 2.50 bits per heavy atom. The maximum Gasteiger partial charge on any atom is 0.0594 e. The van der Waals surface area contributed by atoms with E-state index in [0.717, 1.165) is 13.2 Å². The van der Waals surface area contributed by atoms with Gasteiger partial charge in [-0.15, -0.1) is 11.6 Å². The Kier molecular flexibility index (Phi) is 6.46. The predicted octanol–water partition coefficient (Wildman–Crippen LogP) is 2.98. The van der Waals surface area contributed by atoms with Gasteiger partial charge in [-0.3, -0.25) is 0 Å². The highest BCUT2D eigenvalue weighted by atomic mass is 35.5. The Hall–Kier alpha value is -0.570. The van der Waals surface area contributed by atoms with Gasteiger partial charge in [0, 0.05) is 18.5 Å². The van der Waals surface area contributed by atoms with E-state index in [1.54, 1.807) is 0 Å². The molecule has 0 spiro atoms. The summed E-state index contributed by atoms with van der Waals surface area (Å²) in [5.74, 6) is 0.575. The van der Waals surface area contributed by atoms with E-state index in [0.29, 0.717) is 5.88 Å². The summed E-state index contributed by atoms with van der Waals surface area (Å²) in [6.45, 7) is 5.62. The lowest BCUT2D eigenvalue weighted by molar-refractivity contribution is 0.0797.